The Balaban J connectivity index is 1.35. The van der Waals surface area contributed by atoms with E-state index in [1.807, 2.05) is 42.5 Å². The van der Waals surface area contributed by atoms with E-state index in [1.165, 1.54) is 0 Å². The number of hydrogen-bond acceptors (Lipinski definition) is 4. The van der Waals surface area contributed by atoms with Crippen molar-refractivity contribution < 1.29 is 9.53 Å². The van der Waals surface area contributed by atoms with E-state index in [0.29, 0.717) is 6.54 Å². The highest BCUT2D eigenvalue weighted by molar-refractivity contribution is 5.94. The number of hydrogen-bond donors (Lipinski definition) is 1. The van der Waals surface area contributed by atoms with Crippen molar-refractivity contribution in [3.63, 3.8) is 0 Å². The Morgan fingerprint density at radius 3 is 2.89 bits per heavy atom. The molecule has 1 aliphatic rings. The van der Waals surface area contributed by atoms with Crippen LogP contribution in [0.4, 0.5) is 0 Å². The lowest BCUT2D eigenvalue weighted by atomic mass is 10.0. The Hall–Kier alpha value is -3.65. The van der Waals surface area contributed by atoms with Crippen LogP contribution < -0.4 is 10.1 Å². The Morgan fingerprint density at radius 1 is 1.19 bits per heavy atom. The molecule has 0 aliphatic carbocycles. The van der Waals surface area contributed by atoms with Crippen LogP contribution in [-0.4, -0.2) is 28.5 Å². The van der Waals surface area contributed by atoms with Crippen molar-refractivity contribution >= 4 is 5.91 Å². The average molecular weight is 355 g/mol. The Labute approximate surface area is 157 Å². The van der Waals surface area contributed by atoms with Crippen LogP contribution in [0.1, 0.15) is 11.1 Å². The summed E-state index contributed by atoms with van der Waals surface area (Å²) >= 11 is 0. The Bertz CT molecular complexity index is 1010. The average Bonchev–Trinajstić information content (AvgIpc) is 3.14. The maximum atomic E-state index is 11.9. The Morgan fingerprint density at radius 2 is 2.07 bits per heavy atom. The molecule has 0 fully saturated rings. The number of benzene rings is 2. The summed E-state index contributed by atoms with van der Waals surface area (Å²) < 4.78 is 5.91. The summed E-state index contributed by atoms with van der Waals surface area (Å²) in [5.74, 6) is 5.99. The number of nitrogens with zero attached hydrogens (tertiary/aromatic N) is 2. The van der Waals surface area contributed by atoms with Crippen molar-refractivity contribution in [2.24, 2.45) is 0 Å². The zero-order valence-electron chi connectivity index (χ0n) is 14.6. The van der Waals surface area contributed by atoms with Crippen LogP contribution in [-0.2, 0) is 11.2 Å². The van der Waals surface area contributed by atoms with Gasteiger partial charge in [-0.3, -0.25) is 14.8 Å². The number of carbonyl (C=O) groups is 1. The summed E-state index contributed by atoms with van der Waals surface area (Å²) in [5, 5.41) is 2.82. The van der Waals surface area contributed by atoms with Crippen LogP contribution >= 0.6 is 0 Å². The SMILES string of the molecule is O=C(C#Cc1ccccc1)NCC1Cc2cc(-c3cnccn3)ccc2O1. The fourth-order valence-corrected chi connectivity index (χ4v) is 2.94. The molecule has 2 aromatic carbocycles. The van der Waals surface area contributed by atoms with Crippen molar-refractivity contribution in [2.75, 3.05) is 6.54 Å². The van der Waals surface area contributed by atoms with Crippen LogP contribution in [0.2, 0.25) is 0 Å². The van der Waals surface area contributed by atoms with Crippen molar-refractivity contribution in [1.82, 2.24) is 15.3 Å². The molecule has 1 N–H and O–H groups in total. The molecule has 5 nitrogen and oxygen atoms in total. The highest BCUT2D eigenvalue weighted by Gasteiger charge is 2.23. The second-order valence-electron chi connectivity index (χ2n) is 6.18. The third kappa shape index (κ3) is 4.13. The minimum absolute atomic E-state index is 0.0976. The highest BCUT2D eigenvalue weighted by atomic mass is 16.5. The van der Waals surface area contributed by atoms with Crippen LogP contribution in [0, 0.1) is 11.8 Å². The van der Waals surface area contributed by atoms with Gasteiger partial charge >= 0.3 is 0 Å². The molecule has 1 aromatic heterocycles. The first-order valence-electron chi connectivity index (χ1n) is 8.69. The van der Waals surface area contributed by atoms with E-state index in [1.54, 1.807) is 18.6 Å². The fraction of sp³-hybridized carbons (Fsp3) is 0.136. The maximum Gasteiger partial charge on any atom is 0.296 e. The normalized spacial score (nSPS) is 14.4. The van der Waals surface area contributed by atoms with Gasteiger partial charge in [-0.15, -0.1) is 0 Å². The summed E-state index contributed by atoms with van der Waals surface area (Å²) in [6.45, 7) is 0.414. The van der Waals surface area contributed by atoms with Crippen molar-refractivity contribution in [1.29, 1.82) is 0 Å². The predicted octanol–water partition coefficient (Wildman–Crippen LogP) is 2.62. The first kappa shape index (κ1) is 16.8. The van der Waals surface area contributed by atoms with Gasteiger partial charge in [-0.25, -0.2) is 0 Å². The van der Waals surface area contributed by atoms with Gasteiger partial charge in [0.1, 0.15) is 11.9 Å². The number of carbonyl (C=O) groups excluding carboxylic acids is 1. The van der Waals surface area contributed by atoms with Crippen LogP contribution in [0.5, 0.6) is 5.75 Å². The summed E-state index contributed by atoms with van der Waals surface area (Å²) in [7, 11) is 0. The lowest BCUT2D eigenvalue weighted by molar-refractivity contribution is -0.116. The van der Waals surface area contributed by atoms with Crippen molar-refractivity contribution in [2.45, 2.75) is 12.5 Å². The number of fused-ring (bicyclic) bond motifs is 1. The standard InChI is InChI=1S/C22H17N3O2/c26-22(9-6-16-4-2-1-3-5-16)25-14-19-13-18-12-17(7-8-21(18)27-19)20-15-23-10-11-24-20/h1-5,7-8,10-12,15,19H,13-14H2,(H,25,26). The lowest BCUT2D eigenvalue weighted by Crippen LogP contribution is -2.33. The molecule has 0 saturated heterocycles. The van der Waals surface area contributed by atoms with E-state index in [9.17, 15) is 4.79 Å². The highest BCUT2D eigenvalue weighted by Crippen LogP contribution is 2.32. The maximum absolute atomic E-state index is 11.9. The monoisotopic (exact) mass is 355 g/mol. The molecule has 3 aromatic rings. The van der Waals surface area contributed by atoms with Gasteiger partial charge in [0.05, 0.1) is 18.4 Å². The lowest BCUT2D eigenvalue weighted by Gasteiger charge is -2.10. The molecular formula is C22H17N3O2. The molecule has 1 amide bonds. The smallest absolute Gasteiger partial charge is 0.296 e. The number of nitrogens with one attached hydrogen (secondary N) is 1. The first-order chi connectivity index (χ1) is 13.3. The summed E-state index contributed by atoms with van der Waals surface area (Å²) in [4.78, 5) is 20.4. The minimum atomic E-state index is -0.307. The van der Waals surface area contributed by atoms with Gasteiger partial charge in [0.2, 0.25) is 0 Å². The van der Waals surface area contributed by atoms with E-state index in [2.05, 4.69) is 33.2 Å². The molecule has 132 valence electrons. The second-order valence-corrected chi connectivity index (χ2v) is 6.18. The molecule has 0 bridgehead atoms. The van der Waals surface area contributed by atoms with E-state index in [4.69, 9.17) is 4.74 Å². The zero-order valence-corrected chi connectivity index (χ0v) is 14.6. The number of ether oxygens (including phenoxy) is 1. The van der Waals surface area contributed by atoms with E-state index in [-0.39, 0.29) is 12.0 Å². The quantitative estimate of drug-likeness (QED) is 0.734. The Kier molecular flexibility index (Phi) is 4.80. The number of rotatable bonds is 3. The molecule has 4 rings (SSSR count). The molecule has 1 aliphatic heterocycles. The van der Waals surface area contributed by atoms with Gasteiger partial charge in [0.15, 0.2) is 0 Å². The second kappa shape index (κ2) is 7.71. The fourth-order valence-electron chi connectivity index (χ4n) is 2.94. The van der Waals surface area contributed by atoms with E-state index in [0.717, 1.165) is 34.6 Å². The van der Waals surface area contributed by atoms with Gasteiger partial charge in [-0.2, -0.15) is 0 Å². The summed E-state index contributed by atoms with van der Waals surface area (Å²) in [6.07, 6.45) is 5.70. The van der Waals surface area contributed by atoms with Crippen LogP contribution in [0.15, 0.2) is 67.1 Å². The van der Waals surface area contributed by atoms with Gasteiger partial charge in [0, 0.05) is 35.9 Å². The van der Waals surface area contributed by atoms with E-state index < -0.39 is 0 Å². The predicted molar refractivity (Wildman–Crippen MR) is 102 cm³/mol. The number of aromatic nitrogens is 2. The van der Waals surface area contributed by atoms with Crippen LogP contribution in [0.3, 0.4) is 0 Å². The summed E-state index contributed by atoms with van der Waals surface area (Å²) in [6, 6.07) is 15.4. The van der Waals surface area contributed by atoms with Gasteiger partial charge in [0.25, 0.3) is 5.91 Å². The van der Waals surface area contributed by atoms with Crippen LogP contribution in [0.25, 0.3) is 11.3 Å². The van der Waals surface area contributed by atoms with Gasteiger partial charge in [-0.05, 0) is 35.9 Å². The minimum Gasteiger partial charge on any atom is -0.488 e. The molecule has 0 saturated carbocycles. The topological polar surface area (TPSA) is 64.1 Å². The largest absolute Gasteiger partial charge is 0.488 e. The van der Waals surface area contributed by atoms with E-state index >= 15 is 0 Å². The first-order valence-corrected chi connectivity index (χ1v) is 8.69. The molecule has 0 radical (unpaired) electrons. The molecular weight excluding hydrogens is 338 g/mol. The van der Waals surface area contributed by atoms with Gasteiger partial charge < -0.3 is 10.1 Å². The van der Waals surface area contributed by atoms with Crippen molar-refractivity contribution in [3.05, 3.63) is 78.2 Å². The molecule has 1 atom stereocenters. The molecule has 1 unspecified atom stereocenters. The van der Waals surface area contributed by atoms with Gasteiger partial charge in [-0.1, -0.05) is 24.1 Å². The molecule has 27 heavy (non-hydrogen) atoms. The molecule has 5 heteroatoms. The third-order valence-corrected chi connectivity index (χ3v) is 4.25. The zero-order chi connectivity index (χ0) is 18.5. The summed E-state index contributed by atoms with van der Waals surface area (Å²) in [5.41, 5.74) is 3.75. The van der Waals surface area contributed by atoms with Crippen molar-refractivity contribution in [3.8, 4) is 28.8 Å². The number of amides is 1. The molecule has 2 heterocycles. The molecule has 0 spiro atoms. The third-order valence-electron chi connectivity index (χ3n) is 4.25.